The largest absolute Gasteiger partial charge is 0.497 e. The van der Waals surface area contributed by atoms with E-state index in [1.54, 1.807) is 35.2 Å². The lowest BCUT2D eigenvalue weighted by Gasteiger charge is -2.22. The molecule has 1 aliphatic rings. The molecule has 0 bridgehead atoms. The number of nitrogens with zero attached hydrogens (tertiary/aromatic N) is 4. The zero-order valence-electron chi connectivity index (χ0n) is 14.4. The van der Waals surface area contributed by atoms with Crippen molar-refractivity contribution in [2.75, 3.05) is 20.2 Å². The molecule has 1 aliphatic heterocycles. The van der Waals surface area contributed by atoms with Crippen LogP contribution in [-0.4, -0.2) is 56.7 Å². The van der Waals surface area contributed by atoms with Crippen LogP contribution >= 0.6 is 0 Å². The van der Waals surface area contributed by atoms with E-state index >= 15 is 0 Å². The smallest absolute Gasteiger partial charge is 0.246 e. The molecule has 25 heavy (non-hydrogen) atoms. The third-order valence-electron chi connectivity index (χ3n) is 4.46. The fourth-order valence-corrected chi connectivity index (χ4v) is 3.01. The molecule has 0 spiro atoms. The summed E-state index contributed by atoms with van der Waals surface area (Å²) in [6, 6.07) is 7.57. The Morgan fingerprint density at radius 2 is 2.16 bits per heavy atom. The summed E-state index contributed by atoms with van der Waals surface area (Å²) in [5.74, 6) is 0.684. The molecule has 0 radical (unpaired) electrons. The van der Waals surface area contributed by atoms with Crippen LogP contribution in [0.5, 0.6) is 5.75 Å². The fourth-order valence-electron chi connectivity index (χ4n) is 3.01. The van der Waals surface area contributed by atoms with Crippen LogP contribution in [0.4, 0.5) is 0 Å². The average molecular weight is 342 g/mol. The molecule has 0 aliphatic carbocycles. The fraction of sp³-hybridized carbons (Fsp3) is 0.389. The van der Waals surface area contributed by atoms with Crippen molar-refractivity contribution in [1.29, 1.82) is 0 Å². The number of aromatic nitrogens is 3. The molecule has 0 saturated carbocycles. The van der Waals surface area contributed by atoms with Gasteiger partial charge in [0.05, 0.1) is 26.4 Å². The van der Waals surface area contributed by atoms with Crippen LogP contribution in [0.2, 0.25) is 0 Å². The maximum atomic E-state index is 12.5. The third-order valence-corrected chi connectivity index (χ3v) is 4.46. The Balaban J connectivity index is 1.64. The van der Waals surface area contributed by atoms with Crippen molar-refractivity contribution in [2.24, 2.45) is 0 Å². The molecule has 2 heterocycles. The van der Waals surface area contributed by atoms with E-state index in [1.807, 2.05) is 31.2 Å². The highest BCUT2D eigenvalue weighted by molar-refractivity contribution is 5.95. The number of benzene rings is 1. The lowest BCUT2D eigenvalue weighted by atomic mass is 10.0. The van der Waals surface area contributed by atoms with Gasteiger partial charge in [0.25, 0.3) is 0 Å². The van der Waals surface area contributed by atoms with E-state index in [9.17, 15) is 9.90 Å². The lowest BCUT2D eigenvalue weighted by Crippen LogP contribution is -2.39. The quantitative estimate of drug-likeness (QED) is 0.830. The molecule has 1 aromatic heterocycles. The zero-order valence-corrected chi connectivity index (χ0v) is 14.4. The van der Waals surface area contributed by atoms with E-state index in [4.69, 9.17) is 4.74 Å². The minimum atomic E-state index is -0.967. The lowest BCUT2D eigenvalue weighted by molar-refractivity contribution is -0.126. The molecule has 1 fully saturated rings. The van der Waals surface area contributed by atoms with E-state index in [1.165, 1.54) is 0 Å². The Morgan fingerprint density at radius 3 is 2.80 bits per heavy atom. The first kappa shape index (κ1) is 17.2. The number of allylic oxidation sites excluding steroid dienone is 1. The van der Waals surface area contributed by atoms with Gasteiger partial charge in [-0.25, -0.2) is 4.68 Å². The number of hydrogen-bond donors (Lipinski definition) is 1. The van der Waals surface area contributed by atoms with Gasteiger partial charge in [0.2, 0.25) is 5.91 Å². The van der Waals surface area contributed by atoms with Gasteiger partial charge < -0.3 is 14.7 Å². The highest BCUT2D eigenvalue weighted by Gasteiger charge is 2.38. The van der Waals surface area contributed by atoms with Gasteiger partial charge >= 0.3 is 0 Å². The van der Waals surface area contributed by atoms with Crippen molar-refractivity contribution in [2.45, 2.75) is 25.5 Å². The van der Waals surface area contributed by atoms with E-state index < -0.39 is 5.60 Å². The Hall–Kier alpha value is -2.67. The highest BCUT2D eigenvalue weighted by Crippen LogP contribution is 2.24. The van der Waals surface area contributed by atoms with Crippen molar-refractivity contribution in [1.82, 2.24) is 19.9 Å². The van der Waals surface area contributed by atoms with Crippen molar-refractivity contribution in [3.05, 3.63) is 48.3 Å². The molecule has 7 heteroatoms. The average Bonchev–Trinajstić information content (AvgIpc) is 3.25. The first-order valence-electron chi connectivity index (χ1n) is 8.17. The monoisotopic (exact) mass is 342 g/mol. The molecule has 3 rings (SSSR count). The van der Waals surface area contributed by atoms with Crippen LogP contribution in [-0.2, 0) is 11.3 Å². The number of ether oxygens (including phenoxy) is 1. The summed E-state index contributed by atoms with van der Waals surface area (Å²) >= 11 is 0. The number of β-amino-alcohol motifs (C(OH)–C–C–N with tert-alkyl or cyclic N) is 1. The molecule has 1 N–H and O–H groups in total. The van der Waals surface area contributed by atoms with E-state index in [2.05, 4.69) is 10.3 Å². The molecule has 132 valence electrons. The summed E-state index contributed by atoms with van der Waals surface area (Å²) in [7, 11) is 1.62. The normalized spacial score (nSPS) is 20.8. The number of methoxy groups -OCH3 is 1. The highest BCUT2D eigenvalue weighted by atomic mass is 16.5. The molecular weight excluding hydrogens is 320 g/mol. The van der Waals surface area contributed by atoms with E-state index in [0.29, 0.717) is 19.5 Å². The molecule has 7 nitrogen and oxygen atoms in total. The molecular formula is C18H22N4O3. The molecule has 1 amide bonds. The second kappa shape index (κ2) is 7.06. The number of likely N-dealkylation sites (tertiary alicyclic amines) is 1. The van der Waals surface area contributed by atoms with Crippen molar-refractivity contribution < 1.29 is 14.6 Å². The van der Waals surface area contributed by atoms with Gasteiger partial charge in [-0.1, -0.05) is 17.3 Å². The summed E-state index contributed by atoms with van der Waals surface area (Å²) in [5.41, 5.74) is 0.871. The number of hydrogen-bond acceptors (Lipinski definition) is 5. The van der Waals surface area contributed by atoms with Gasteiger partial charge in [-0.3, -0.25) is 4.79 Å². The van der Waals surface area contributed by atoms with Crippen molar-refractivity contribution in [3.63, 3.8) is 0 Å². The maximum Gasteiger partial charge on any atom is 0.246 e. The minimum Gasteiger partial charge on any atom is -0.497 e. The topological polar surface area (TPSA) is 80.5 Å². The summed E-state index contributed by atoms with van der Waals surface area (Å²) < 4.78 is 6.73. The number of aliphatic hydroxyl groups is 1. The first-order chi connectivity index (χ1) is 12.0. The summed E-state index contributed by atoms with van der Waals surface area (Å²) in [6.07, 6.45) is 5.41. The van der Waals surface area contributed by atoms with E-state index in [0.717, 1.165) is 16.9 Å². The summed E-state index contributed by atoms with van der Waals surface area (Å²) in [6.45, 7) is 3.05. The molecule has 1 unspecified atom stereocenters. The predicted octanol–water partition coefficient (Wildman–Crippen LogP) is 1.35. The van der Waals surface area contributed by atoms with Crippen LogP contribution in [0.15, 0.2) is 42.7 Å². The Labute approximate surface area is 146 Å². The van der Waals surface area contributed by atoms with Crippen LogP contribution in [0, 0.1) is 0 Å². The molecule has 1 atom stereocenters. The first-order valence-corrected chi connectivity index (χ1v) is 8.17. The second-order valence-electron chi connectivity index (χ2n) is 6.39. The number of carbonyl (C=O) groups is 1. The van der Waals surface area contributed by atoms with Gasteiger partial charge in [-0.15, -0.1) is 5.10 Å². The summed E-state index contributed by atoms with van der Waals surface area (Å²) in [4.78, 5) is 14.2. The van der Waals surface area contributed by atoms with Gasteiger partial charge in [0, 0.05) is 18.8 Å². The van der Waals surface area contributed by atoms with Gasteiger partial charge in [-0.2, -0.15) is 0 Å². The van der Waals surface area contributed by atoms with Crippen molar-refractivity contribution in [3.8, 4) is 5.75 Å². The molecule has 1 aromatic carbocycles. The predicted molar refractivity (Wildman–Crippen MR) is 92.8 cm³/mol. The Morgan fingerprint density at radius 1 is 1.40 bits per heavy atom. The van der Waals surface area contributed by atoms with Crippen LogP contribution in [0.3, 0.4) is 0 Å². The van der Waals surface area contributed by atoms with Crippen LogP contribution in [0.25, 0.3) is 5.57 Å². The van der Waals surface area contributed by atoms with E-state index in [-0.39, 0.29) is 12.5 Å². The zero-order chi connectivity index (χ0) is 17.9. The second-order valence-corrected chi connectivity index (χ2v) is 6.39. The SMILES string of the molecule is COc1ccc(/C(C)=C/C(=O)N2CCC(O)(Cn3ccnn3)C2)cc1. The van der Waals surface area contributed by atoms with Crippen LogP contribution < -0.4 is 4.74 Å². The van der Waals surface area contributed by atoms with Crippen molar-refractivity contribution >= 4 is 11.5 Å². The van der Waals surface area contributed by atoms with Gasteiger partial charge in [0.1, 0.15) is 11.4 Å². The maximum absolute atomic E-state index is 12.5. The number of rotatable bonds is 5. The minimum absolute atomic E-state index is 0.0946. The van der Waals surface area contributed by atoms with Gasteiger partial charge in [0.15, 0.2) is 0 Å². The standard InChI is InChI=1S/C18H22N4O3/c1-14(15-3-5-16(25-2)6-4-15)11-17(23)21-9-7-18(24,12-21)13-22-10-8-19-20-22/h3-6,8,10-11,24H,7,9,12-13H2,1-2H3/b14-11+. The molecule has 1 saturated heterocycles. The molecule has 2 aromatic rings. The summed E-state index contributed by atoms with van der Waals surface area (Å²) in [5, 5.41) is 18.3. The number of carbonyl (C=O) groups excluding carboxylic acids is 1. The Bertz CT molecular complexity index is 755. The third kappa shape index (κ3) is 4.06. The van der Waals surface area contributed by atoms with Crippen LogP contribution in [0.1, 0.15) is 18.9 Å². The van der Waals surface area contributed by atoms with Gasteiger partial charge in [-0.05, 0) is 36.6 Å². The number of amides is 1. The Kier molecular flexibility index (Phi) is 4.85.